The maximum absolute atomic E-state index is 10.7. The van der Waals surface area contributed by atoms with Crippen LogP contribution in [0.3, 0.4) is 0 Å². The van der Waals surface area contributed by atoms with Crippen molar-refractivity contribution in [1.29, 1.82) is 0 Å². The molecule has 94 valence electrons. The molecule has 0 aliphatic rings. The van der Waals surface area contributed by atoms with Crippen LogP contribution < -0.4 is 0 Å². The Hall–Kier alpha value is -1.68. The van der Waals surface area contributed by atoms with Gasteiger partial charge in [-0.1, -0.05) is 17.2 Å². The maximum atomic E-state index is 10.7. The lowest BCUT2D eigenvalue weighted by Crippen LogP contribution is -1.99. The van der Waals surface area contributed by atoms with Gasteiger partial charge in [0.15, 0.2) is 0 Å². The van der Waals surface area contributed by atoms with Crippen molar-refractivity contribution in [2.45, 2.75) is 27.2 Å². The lowest BCUT2D eigenvalue weighted by molar-refractivity contribution is -0.136. The Morgan fingerprint density at radius 3 is 2.39 bits per heavy atom. The lowest BCUT2D eigenvalue weighted by atomic mass is 10.0. The van der Waals surface area contributed by atoms with Crippen LogP contribution in [0.5, 0.6) is 0 Å². The molecule has 2 aromatic rings. The molecule has 0 amide bonds. The highest BCUT2D eigenvalue weighted by Gasteiger charge is 2.12. The van der Waals surface area contributed by atoms with Gasteiger partial charge in [-0.3, -0.25) is 4.79 Å². The van der Waals surface area contributed by atoms with E-state index < -0.39 is 5.97 Å². The molecule has 1 aromatic heterocycles. The Kier molecular flexibility index (Phi) is 3.48. The van der Waals surface area contributed by atoms with E-state index >= 15 is 0 Å². The predicted octanol–water partition coefficient (Wildman–Crippen LogP) is 3.36. The molecule has 0 aliphatic carbocycles. The maximum Gasteiger partial charge on any atom is 0.310 e. The van der Waals surface area contributed by atoms with Gasteiger partial charge in [-0.2, -0.15) is 0 Å². The minimum atomic E-state index is -0.837. The molecule has 0 spiro atoms. The molecule has 3 nitrogen and oxygen atoms in total. The van der Waals surface area contributed by atoms with Crippen LogP contribution in [0.2, 0.25) is 0 Å². The van der Waals surface area contributed by atoms with Crippen molar-refractivity contribution in [1.82, 2.24) is 4.98 Å². The second-order valence-electron chi connectivity index (χ2n) is 4.46. The number of carbonyl (C=O) groups is 1. The van der Waals surface area contributed by atoms with Gasteiger partial charge in [0.25, 0.3) is 0 Å². The van der Waals surface area contributed by atoms with Crippen LogP contribution in [0.25, 0.3) is 11.3 Å². The van der Waals surface area contributed by atoms with E-state index in [2.05, 4.69) is 37.0 Å². The number of hydrogen-bond donors (Lipinski definition) is 1. The second-order valence-corrected chi connectivity index (χ2v) is 5.75. The largest absolute Gasteiger partial charge is 0.481 e. The van der Waals surface area contributed by atoms with Crippen molar-refractivity contribution in [2.24, 2.45) is 0 Å². The Labute approximate surface area is 110 Å². The third-order valence-electron chi connectivity index (χ3n) is 2.64. The molecule has 18 heavy (non-hydrogen) atoms. The minimum absolute atomic E-state index is 0.00367. The number of carboxylic acid groups (broad SMARTS) is 1. The van der Waals surface area contributed by atoms with Gasteiger partial charge in [-0.25, -0.2) is 4.98 Å². The molecule has 0 aliphatic heterocycles. The summed E-state index contributed by atoms with van der Waals surface area (Å²) in [6.07, 6.45) is -0.00367. The molecule has 1 heterocycles. The van der Waals surface area contributed by atoms with Crippen LogP contribution in [0.15, 0.2) is 18.2 Å². The van der Waals surface area contributed by atoms with Crippen LogP contribution in [-0.4, -0.2) is 16.1 Å². The van der Waals surface area contributed by atoms with Crippen molar-refractivity contribution >= 4 is 17.3 Å². The number of thiazole rings is 1. The zero-order valence-electron chi connectivity index (χ0n) is 10.7. The normalized spacial score (nSPS) is 10.6. The third kappa shape index (κ3) is 2.76. The van der Waals surface area contributed by atoms with Gasteiger partial charge in [0.1, 0.15) is 5.01 Å². The first-order valence-corrected chi connectivity index (χ1v) is 6.54. The van der Waals surface area contributed by atoms with E-state index in [1.165, 1.54) is 22.5 Å². The average Bonchev–Trinajstić information content (AvgIpc) is 2.56. The Bertz CT molecular complexity index is 582. The predicted molar refractivity (Wildman–Crippen MR) is 73.1 cm³/mol. The van der Waals surface area contributed by atoms with Gasteiger partial charge < -0.3 is 5.11 Å². The smallest absolute Gasteiger partial charge is 0.310 e. The summed E-state index contributed by atoms with van der Waals surface area (Å²) in [6.45, 7) is 6.09. The summed E-state index contributed by atoms with van der Waals surface area (Å²) in [7, 11) is 0. The molecule has 0 atom stereocenters. The summed E-state index contributed by atoms with van der Waals surface area (Å²) in [5, 5.41) is 9.45. The molecule has 0 unspecified atom stereocenters. The Balaban J connectivity index is 2.44. The molecule has 4 heteroatoms. The molecule has 0 radical (unpaired) electrons. The summed E-state index contributed by atoms with van der Waals surface area (Å²) >= 11 is 1.46. The summed E-state index contributed by atoms with van der Waals surface area (Å²) < 4.78 is 0. The first-order valence-electron chi connectivity index (χ1n) is 5.72. The standard InChI is InChI=1S/C14H15NO2S/c1-8-4-9(2)6-11(5-8)14-10(3)18-12(15-14)7-13(16)17/h4-6H,7H2,1-3H3,(H,16,17). The summed E-state index contributed by atoms with van der Waals surface area (Å²) in [6, 6.07) is 6.28. The van der Waals surface area contributed by atoms with E-state index in [0.717, 1.165) is 16.1 Å². The molecular formula is C14H15NO2S. The third-order valence-corrected chi connectivity index (χ3v) is 3.61. The fourth-order valence-corrected chi connectivity index (χ4v) is 2.98. The van der Waals surface area contributed by atoms with Crippen molar-refractivity contribution in [3.63, 3.8) is 0 Å². The Morgan fingerprint density at radius 1 is 1.22 bits per heavy atom. The highest BCUT2D eigenvalue weighted by molar-refractivity contribution is 7.12. The number of aromatic nitrogens is 1. The van der Waals surface area contributed by atoms with E-state index in [-0.39, 0.29) is 6.42 Å². The van der Waals surface area contributed by atoms with E-state index in [1.54, 1.807) is 0 Å². The van der Waals surface area contributed by atoms with Crippen molar-refractivity contribution in [2.75, 3.05) is 0 Å². The van der Waals surface area contributed by atoms with Gasteiger partial charge in [0.2, 0.25) is 0 Å². The molecule has 0 saturated carbocycles. The topological polar surface area (TPSA) is 50.2 Å². The number of nitrogens with zero attached hydrogens (tertiary/aromatic N) is 1. The van der Waals surface area contributed by atoms with Crippen molar-refractivity contribution in [3.05, 3.63) is 39.2 Å². The fourth-order valence-electron chi connectivity index (χ4n) is 2.04. The quantitative estimate of drug-likeness (QED) is 0.921. The van der Waals surface area contributed by atoms with E-state index in [4.69, 9.17) is 5.11 Å². The zero-order chi connectivity index (χ0) is 13.3. The highest BCUT2D eigenvalue weighted by Crippen LogP contribution is 2.29. The summed E-state index contributed by atoms with van der Waals surface area (Å²) in [5.41, 5.74) is 4.36. The van der Waals surface area contributed by atoms with Gasteiger partial charge in [0.05, 0.1) is 12.1 Å². The molecule has 1 aromatic carbocycles. The van der Waals surface area contributed by atoms with Gasteiger partial charge in [-0.15, -0.1) is 11.3 Å². The van der Waals surface area contributed by atoms with E-state index in [1.807, 2.05) is 6.92 Å². The number of aryl methyl sites for hydroxylation is 3. The SMILES string of the molecule is Cc1cc(C)cc(-c2nc(CC(=O)O)sc2C)c1. The molecular weight excluding hydrogens is 246 g/mol. The van der Waals surface area contributed by atoms with Crippen LogP contribution in [0.1, 0.15) is 21.0 Å². The number of hydrogen-bond acceptors (Lipinski definition) is 3. The average molecular weight is 261 g/mol. The molecule has 1 N–H and O–H groups in total. The van der Waals surface area contributed by atoms with Crippen LogP contribution in [0.4, 0.5) is 0 Å². The van der Waals surface area contributed by atoms with Crippen LogP contribution in [-0.2, 0) is 11.2 Å². The molecule has 2 rings (SSSR count). The zero-order valence-corrected chi connectivity index (χ0v) is 11.5. The Morgan fingerprint density at radius 2 is 1.83 bits per heavy atom. The number of aliphatic carboxylic acids is 1. The first kappa shape index (κ1) is 12.8. The summed E-state index contributed by atoms with van der Waals surface area (Å²) in [4.78, 5) is 16.2. The number of rotatable bonds is 3. The molecule has 0 bridgehead atoms. The van der Waals surface area contributed by atoms with E-state index in [9.17, 15) is 4.79 Å². The molecule has 0 fully saturated rings. The summed E-state index contributed by atoms with van der Waals surface area (Å²) in [5.74, 6) is -0.837. The molecule has 0 saturated heterocycles. The van der Waals surface area contributed by atoms with Crippen molar-refractivity contribution in [3.8, 4) is 11.3 Å². The van der Waals surface area contributed by atoms with Crippen LogP contribution >= 0.6 is 11.3 Å². The minimum Gasteiger partial charge on any atom is -0.481 e. The van der Waals surface area contributed by atoms with E-state index in [0.29, 0.717) is 5.01 Å². The second kappa shape index (κ2) is 4.90. The van der Waals surface area contributed by atoms with Gasteiger partial charge in [-0.05, 0) is 32.9 Å². The van der Waals surface area contributed by atoms with Gasteiger partial charge >= 0.3 is 5.97 Å². The first-order chi connectivity index (χ1) is 8.45. The van der Waals surface area contributed by atoms with Gasteiger partial charge in [0, 0.05) is 10.4 Å². The highest BCUT2D eigenvalue weighted by atomic mass is 32.1. The number of benzene rings is 1. The van der Waals surface area contributed by atoms with Crippen molar-refractivity contribution < 1.29 is 9.90 Å². The number of carboxylic acids is 1. The fraction of sp³-hybridized carbons (Fsp3) is 0.286. The monoisotopic (exact) mass is 261 g/mol. The van der Waals surface area contributed by atoms with Crippen LogP contribution in [0, 0.1) is 20.8 Å². The lowest BCUT2D eigenvalue weighted by Gasteiger charge is -2.03.